The average Bonchev–Trinajstić information content (AvgIpc) is 2.83. The van der Waals surface area contributed by atoms with Crippen LogP contribution in [0.4, 0.5) is 0 Å². The van der Waals surface area contributed by atoms with Crippen molar-refractivity contribution in [1.82, 2.24) is 0 Å². The highest BCUT2D eigenvalue weighted by atomic mass is 16.7. The predicted octanol–water partition coefficient (Wildman–Crippen LogP) is 4.09. The molecule has 2 rings (SSSR count). The van der Waals surface area contributed by atoms with Gasteiger partial charge in [0.2, 0.25) is 6.29 Å². The van der Waals surface area contributed by atoms with Crippen LogP contribution in [-0.4, -0.2) is 64.3 Å². The molecule has 0 unspecified atom stereocenters. The van der Waals surface area contributed by atoms with Crippen LogP contribution in [0.5, 0.6) is 11.5 Å². The van der Waals surface area contributed by atoms with E-state index < -0.39 is 37.3 Å². The predicted molar refractivity (Wildman–Crippen MR) is 132 cm³/mol. The van der Waals surface area contributed by atoms with E-state index >= 15 is 0 Å². The molecule has 1 aromatic carbocycles. The summed E-state index contributed by atoms with van der Waals surface area (Å²) < 4.78 is 17.5. The third-order valence-electron chi connectivity index (χ3n) is 6.82. The van der Waals surface area contributed by atoms with Crippen molar-refractivity contribution in [2.24, 2.45) is 0 Å². The van der Waals surface area contributed by atoms with Gasteiger partial charge in [-0.1, -0.05) is 64.7 Å². The van der Waals surface area contributed by atoms with E-state index in [-0.39, 0.29) is 0 Å². The monoisotopic (exact) mass is 482 g/mol. The number of benzene rings is 1. The van der Waals surface area contributed by atoms with E-state index in [0.29, 0.717) is 12.4 Å². The molecule has 1 aliphatic rings. The van der Waals surface area contributed by atoms with Crippen LogP contribution in [0.25, 0.3) is 0 Å². The highest BCUT2D eigenvalue weighted by Gasteiger charge is 2.45. The Hall–Kier alpha value is -1.38. The van der Waals surface area contributed by atoms with E-state index in [4.69, 9.17) is 14.2 Å². The fourth-order valence-electron chi connectivity index (χ4n) is 4.41. The molecule has 7 nitrogen and oxygen atoms in total. The van der Waals surface area contributed by atoms with Crippen LogP contribution in [0, 0.1) is 20.8 Å². The van der Waals surface area contributed by atoms with Crippen LogP contribution in [0.2, 0.25) is 0 Å². The van der Waals surface area contributed by atoms with Crippen molar-refractivity contribution in [2.45, 2.75) is 123 Å². The van der Waals surface area contributed by atoms with Crippen LogP contribution in [0.1, 0.15) is 87.8 Å². The molecule has 1 aliphatic heterocycles. The number of hydrogen-bond acceptors (Lipinski definition) is 7. The van der Waals surface area contributed by atoms with E-state index in [0.717, 1.165) is 28.9 Å². The smallest absolute Gasteiger partial charge is 0.229 e. The van der Waals surface area contributed by atoms with Crippen molar-refractivity contribution >= 4 is 0 Å². The number of hydrogen-bond donors (Lipinski definition) is 4. The number of aliphatic hydroxyl groups excluding tert-OH is 4. The van der Waals surface area contributed by atoms with Gasteiger partial charge in [-0.3, -0.25) is 0 Å². The van der Waals surface area contributed by atoms with Gasteiger partial charge in [0.1, 0.15) is 35.9 Å². The molecule has 1 saturated heterocycles. The second kappa shape index (κ2) is 14.9. The summed E-state index contributed by atoms with van der Waals surface area (Å²) in [5.74, 6) is 1.35. The summed E-state index contributed by atoms with van der Waals surface area (Å²) in [7, 11) is 0. The number of unbranched alkanes of at least 4 members (excludes halogenated alkanes) is 9. The minimum absolute atomic E-state index is 0.493. The van der Waals surface area contributed by atoms with Gasteiger partial charge < -0.3 is 34.6 Å². The standard InChI is InChI=1S/C27H46O7/c1-5-6-7-8-9-10-11-12-13-14-15-32-21-16-18(2)26(20(4)19(21)3)34-27-25(31)24(30)23(29)22(17-28)33-27/h16,22-25,27-31H,5-15,17H2,1-4H3/t22-,23-,24+,25-,27+/m1/s1. The molecule has 196 valence electrons. The maximum Gasteiger partial charge on any atom is 0.229 e. The Balaban J connectivity index is 1.82. The van der Waals surface area contributed by atoms with Gasteiger partial charge in [-0.25, -0.2) is 0 Å². The summed E-state index contributed by atoms with van der Waals surface area (Å²) in [5, 5.41) is 39.7. The first-order chi connectivity index (χ1) is 16.3. The Kier molecular flexibility index (Phi) is 12.6. The van der Waals surface area contributed by atoms with Crippen LogP contribution in [0.3, 0.4) is 0 Å². The Morgan fingerprint density at radius 3 is 1.97 bits per heavy atom. The molecule has 4 N–H and O–H groups in total. The van der Waals surface area contributed by atoms with Gasteiger partial charge in [-0.2, -0.15) is 0 Å². The van der Waals surface area contributed by atoms with Crippen molar-refractivity contribution in [3.63, 3.8) is 0 Å². The fourth-order valence-corrected chi connectivity index (χ4v) is 4.41. The zero-order chi connectivity index (χ0) is 25.1. The number of aryl methyl sites for hydroxylation is 1. The number of ether oxygens (including phenoxy) is 3. The molecule has 0 aromatic heterocycles. The Morgan fingerprint density at radius 1 is 0.794 bits per heavy atom. The van der Waals surface area contributed by atoms with E-state index in [1.165, 1.54) is 57.8 Å². The first-order valence-corrected chi connectivity index (χ1v) is 13.0. The summed E-state index contributed by atoms with van der Waals surface area (Å²) in [6, 6.07) is 1.91. The molecule has 1 fully saturated rings. The molecule has 0 aliphatic carbocycles. The number of rotatable bonds is 15. The second-order valence-electron chi connectivity index (χ2n) is 9.62. The summed E-state index contributed by atoms with van der Waals surface area (Å²) in [5.41, 5.74) is 2.62. The molecule has 0 amide bonds. The summed E-state index contributed by atoms with van der Waals surface area (Å²) in [6.07, 6.45) is 6.29. The van der Waals surface area contributed by atoms with Crippen molar-refractivity contribution in [3.05, 3.63) is 22.8 Å². The molecule has 0 radical (unpaired) electrons. The van der Waals surface area contributed by atoms with Crippen molar-refractivity contribution in [1.29, 1.82) is 0 Å². The van der Waals surface area contributed by atoms with E-state index in [1.807, 2.05) is 26.8 Å². The maximum atomic E-state index is 10.3. The molecule has 0 spiro atoms. The zero-order valence-corrected chi connectivity index (χ0v) is 21.5. The minimum atomic E-state index is -1.47. The molecule has 0 bridgehead atoms. The van der Waals surface area contributed by atoms with Crippen LogP contribution >= 0.6 is 0 Å². The molecule has 1 aromatic rings. The highest BCUT2D eigenvalue weighted by molar-refractivity contribution is 5.52. The summed E-state index contributed by atoms with van der Waals surface area (Å²) in [6.45, 7) is 8.19. The third-order valence-corrected chi connectivity index (χ3v) is 6.82. The molecule has 1 heterocycles. The van der Waals surface area contributed by atoms with Crippen LogP contribution in [0.15, 0.2) is 6.07 Å². The fraction of sp³-hybridized carbons (Fsp3) is 0.778. The largest absolute Gasteiger partial charge is 0.493 e. The van der Waals surface area contributed by atoms with Gasteiger partial charge in [-0.05, 0) is 49.9 Å². The molecular weight excluding hydrogens is 436 g/mol. The lowest BCUT2D eigenvalue weighted by molar-refractivity contribution is -0.277. The van der Waals surface area contributed by atoms with Crippen LogP contribution < -0.4 is 9.47 Å². The topological polar surface area (TPSA) is 109 Å². The van der Waals surface area contributed by atoms with Gasteiger partial charge >= 0.3 is 0 Å². The van der Waals surface area contributed by atoms with E-state index in [9.17, 15) is 20.4 Å². The lowest BCUT2D eigenvalue weighted by atomic mass is 9.99. The Bertz CT molecular complexity index is 721. The van der Waals surface area contributed by atoms with E-state index in [2.05, 4.69) is 6.92 Å². The van der Waals surface area contributed by atoms with Gasteiger partial charge in [0.15, 0.2) is 0 Å². The van der Waals surface area contributed by atoms with Gasteiger partial charge in [0, 0.05) is 0 Å². The summed E-state index contributed by atoms with van der Waals surface area (Å²) in [4.78, 5) is 0. The van der Waals surface area contributed by atoms with Crippen molar-refractivity contribution in [3.8, 4) is 11.5 Å². The molecule has 34 heavy (non-hydrogen) atoms. The van der Waals surface area contributed by atoms with Gasteiger partial charge in [-0.15, -0.1) is 0 Å². The molecular formula is C27H46O7. The van der Waals surface area contributed by atoms with Crippen LogP contribution in [-0.2, 0) is 4.74 Å². The molecule has 5 atom stereocenters. The normalized spacial score (nSPS) is 24.9. The SMILES string of the molecule is CCCCCCCCCCCCOc1cc(C)c(O[C@@H]2O[C@H](CO)[C@@H](O)[C@H](O)[C@H]2O)c(C)c1C. The van der Waals surface area contributed by atoms with Gasteiger partial charge in [0.05, 0.1) is 13.2 Å². The van der Waals surface area contributed by atoms with Crippen molar-refractivity contribution < 1.29 is 34.6 Å². The molecule has 7 heteroatoms. The van der Waals surface area contributed by atoms with E-state index in [1.54, 1.807) is 0 Å². The second-order valence-corrected chi connectivity index (χ2v) is 9.62. The summed E-state index contributed by atoms with van der Waals surface area (Å²) >= 11 is 0. The molecule has 0 saturated carbocycles. The lowest BCUT2D eigenvalue weighted by Crippen LogP contribution is -2.60. The quantitative estimate of drug-likeness (QED) is 0.279. The minimum Gasteiger partial charge on any atom is -0.493 e. The number of aliphatic hydroxyl groups is 4. The van der Waals surface area contributed by atoms with Crippen molar-refractivity contribution in [2.75, 3.05) is 13.2 Å². The average molecular weight is 483 g/mol. The van der Waals surface area contributed by atoms with Gasteiger partial charge in [0.25, 0.3) is 0 Å². The maximum absolute atomic E-state index is 10.3. The first-order valence-electron chi connectivity index (χ1n) is 13.0. The first kappa shape index (κ1) is 28.9. The Morgan fingerprint density at radius 2 is 1.38 bits per heavy atom. The third kappa shape index (κ3) is 8.09. The highest BCUT2D eigenvalue weighted by Crippen LogP contribution is 2.35. The lowest BCUT2D eigenvalue weighted by Gasteiger charge is -2.40. The Labute approximate surface area is 205 Å². The zero-order valence-electron chi connectivity index (χ0n) is 21.5.